The Kier molecular flexibility index (Phi) is 4.97. The molecule has 0 amide bonds. The Labute approximate surface area is 114 Å². The van der Waals surface area contributed by atoms with E-state index in [1.807, 2.05) is 19.1 Å². The molecule has 1 aromatic rings. The maximum atomic E-state index is 11.8. The summed E-state index contributed by atoms with van der Waals surface area (Å²) in [7, 11) is 0. The van der Waals surface area contributed by atoms with Gasteiger partial charge in [-0.3, -0.25) is 4.89 Å². The van der Waals surface area contributed by atoms with Crippen LogP contribution >= 0.6 is 0 Å². The first-order chi connectivity index (χ1) is 9.19. The van der Waals surface area contributed by atoms with Crippen molar-refractivity contribution in [1.82, 2.24) is 0 Å². The number of benzene rings is 1. The molecule has 0 bridgehead atoms. The highest BCUT2D eigenvalue weighted by Crippen LogP contribution is 2.32. The maximum absolute atomic E-state index is 11.8. The summed E-state index contributed by atoms with van der Waals surface area (Å²) in [5, 5.41) is 0. The minimum Gasteiger partial charge on any atom is -0.292 e. The van der Waals surface area contributed by atoms with Gasteiger partial charge in [0.2, 0.25) is 0 Å². The summed E-state index contributed by atoms with van der Waals surface area (Å²) in [5.41, 5.74) is 1.64. The third kappa shape index (κ3) is 4.06. The summed E-state index contributed by atoms with van der Waals surface area (Å²) < 4.78 is 0. The Morgan fingerprint density at radius 2 is 1.84 bits per heavy atom. The molecule has 0 unspecified atom stereocenters. The van der Waals surface area contributed by atoms with Crippen molar-refractivity contribution in [2.45, 2.75) is 46.0 Å². The molecule has 0 aliphatic heterocycles. The van der Waals surface area contributed by atoms with Gasteiger partial charge in [-0.15, -0.1) is 0 Å². The maximum Gasteiger partial charge on any atom is 0.373 e. The highest BCUT2D eigenvalue weighted by atomic mass is 17.2. The summed E-state index contributed by atoms with van der Waals surface area (Å²) >= 11 is 0. The molecule has 3 nitrogen and oxygen atoms in total. The molecule has 1 aliphatic rings. The van der Waals surface area contributed by atoms with E-state index in [0.717, 1.165) is 43.3 Å². The average molecular weight is 261 g/mol. The fourth-order valence-electron chi connectivity index (χ4n) is 2.33. The molecule has 2 rings (SSSR count). The summed E-state index contributed by atoms with van der Waals surface area (Å²) in [4.78, 5) is 21.8. The molecule has 0 N–H and O–H groups in total. The van der Waals surface area contributed by atoms with Crippen LogP contribution in [0.4, 0.5) is 0 Å². The van der Waals surface area contributed by atoms with Gasteiger partial charge in [-0.25, -0.2) is 4.79 Å². The smallest absolute Gasteiger partial charge is 0.292 e. The van der Waals surface area contributed by atoms with Crippen molar-refractivity contribution < 1.29 is 14.6 Å². The van der Waals surface area contributed by atoms with Crippen molar-refractivity contribution in [3.63, 3.8) is 0 Å². The lowest BCUT2D eigenvalue weighted by Gasteiger charge is -2.25. The van der Waals surface area contributed by atoms with E-state index in [0.29, 0.717) is 5.56 Å². The monoisotopic (exact) mass is 261 g/mol. The Morgan fingerprint density at radius 3 is 2.42 bits per heavy atom. The molecule has 3 heteroatoms. The van der Waals surface area contributed by atoms with Crippen LogP contribution in [0, 0.1) is 18.9 Å². The zero-order chi connectivity index (χ0) is 13.7. The standard InChI is InChI=1S/C16H21O3/c1-3-13-6-10-15(11-7-13)18-19-16(17)14-8-4-12(2)5-9-14/h4-5,8-9,13H,3,6-7,10-11H2,1-2H3. The van der Waals surface area contributed by atoms with Gasteiger partial charge < -0.3 is 0 Å². The number of carbonyl (C=O) groups excluding carboxylic acids is 1. The molecule has 1 aliphatic carbocycles. The molecule has 1 radical (unpaired) electrons. The van der Waals surface area contributed by atoms with Gasteiger partial charge in [0.15, 0.2) is 0 Å². The van der Waals surface area contributed by atoms with E-state index >= 15 is 0 Å². The molecular formula is C16H21O3. The predicted octanol–water partition coefficient (Wildman–Crippen LogP) is 4.22. The van der Waals surface area contributed by atoms with Gasteiger partial charge in [0, 0.05) is 0 Å². The van der Waals surface area contributed by atoms with Crippen molar-refractivity contribution in [2.24, 2.45) is 5.92 Å². The first kappa shape index (κ1) is 14.1. The zero-order valence-corrected chi connectivity index (χ0v) is 11.6. The molecule has 19 heavy (non-hydrogen) atoms. The highest BCUT2D eigenvalue weighted by Gasteiger charge is 2.23. The normalized spacial score (nSPS) is 17.4. The predicted molar refractivity (Wildman–Crippen MR) is 73.2 cm³/mol. The molecule has 0 saturated heterocycles. The van der Waals surface area contributed by atoms with E-state index in [2.05, 4.69) is 6.92 Å². The van der Waals surface area contributed by atoms with Crippen molar-refractivity contribution >= 4 is 5.97 Å². The summed E-state index contributed by atoms with van der Waals surface area (Å²) in [6.07, 6.45) is 6.18. The van der Waals surface area contributed by atoms with Gasteiger partial charge in [0.25, 0.3) is 0 Å². The lowest BCUT2D eigenvalue weighted by molar-refractivity contribution is -0.240. The lowest BCUT2D eigenvalue weighted by atomic mass is 9.86. The van der Waals surface area contributed by atoms with Gasteiger partial charge in [-0.1, -0.05) is 31.0 Å². The van der Waals surface area contributed by atoms with Crippen LogP contribution in [0.5, 0.6) is 0 Å². The molecule has 0 heterocycles. The second kappa shape index (κ2) is 6.71. The molecule has 1 saturated carbocycles. The molecule has 0 atom stereocenters. The Balaban J connectivity index is 1.76. The summed E-state index contributed by atoms with van der Waals surface area (Å²) in [5.74, 6) is 0.366. The zero-order valence-electron chi connectivity index (χ0n) is 11.6. The van der Waals surface area contributed by atoms with Gasteiger partial charge in [-0.05, 0) is 50.7 Å². The molecule has 0 aromatic heterocycles. The second-order valence-corrected chi connectivity index (χ2v) is 5.21. The van der Waals surface area contributed by atoms with E-state index in [1.54, 1.807) is 12.1 Å². The third-order valence-electron chi connectivity index (χ3n) is 3.76. The second-order valence-electron chi connectivity index (χ2n) is 5.21. The molecule has 103 valence electrons. The SMILES string of the molecule is CCC1CC[C](OOC(=O)c2ccc(C)cc2)CC1. The number of hydrogen-bond donors (Lipinski definition) is 0. The van der Waals surface area contributed by atoms with Crippen molar-refractivity contribution in [1.29, 1.82) is 0 Å². The first-order valence-electron chi connectivity index (χ1n) is 6.99. The number of rotatable bonds is 4. The minimum absolute atomic E-state index is 0.426. The average Bonchev–Trinajstić information content (AvgIpc) is 2.46. The first-order valence-corrected chi connectivity index (χ1v) is 6.99. The number of aryl methyl sites for hydroxylation is 1. The fourth-order valence-corrected chi connectivity index (χ4v) is 2.33. The van der Waals surface area contributed by atoms with Gasteiger partial charge in [0.05, 0.1) is 5.56 Å². The minimum atomic E-state index is -0.426. The molecular weight excluding hydrogens is 240 g/mol. The lowest BCUT2D eigenvalue weighted by Crippen LogP contribution is -2.17. The summed E-state index contributed by atoms with van der Waals surface area (Å²) in [6.45, 7) is 4.20. The van der Waals surface area contributed by atoms with Gasteiger partial charge in [-0.2, -0.15) is 4.89 Å². The van der Waals surface area contributed by atoms with Crippen molar-refractivity contribution in [2.75, 3.05) is 0 Å². The van der Waals surface area contributed by atoms with Crippen LogP contribution in [-0.2, 0) is 9.78 Å². The third-order valence-corrected chi connectivity index (χ3v) is 3.76. The van der Waals surface area contributed by atoms with Crippen LogP contribution < -0.4 is 0 Å². The molecule has 0 spiro atoms. The number of carbonyl (C=O) groups is 1. The van der Waals surface area contributed by atoms with Crippen LogP contribution in [0.15, 0.2) is 24.3 Å². The number of hydrogen-bond acceptors (Lipinski definition) is 3. The van der Waals surface area contributed by atoms with Gasteiger partial charge in [0.1, 0.15) is 6.10 Å². The largest absolute Gasteiger partial charge is 0.373 e. The van der Waals surface area contributed by atoms with E-state index in [1.165, 1.54) is 6.42 Å². The van der Waals surface area contributed by atoms with E-state index in [9.17, 15) is 4.79 Å². The van der Waals surface area contributed by atoms with Crippen molar-refractivity contribution in [3.8, 4) is 0 Å². The molecule has 1 fully saturated rings. The summed E-state index contributed by atoms with van der Waals surface area (Å²) in [6, 6.07) is 7.27. The van der Waals surface area contributed by atoms with Crippen LogP contribution in [0.2, 0.25) is 0 Å². The highest BCUT2D eigenvalue weighted by molar-refractivity contribution is 5.88. The quantitative estimate of drug-likeness (QED) is 0.601. The van der Waals surface area contributed by atoms with Crippen molar-refractivity contribution in [3.05, 3.63) is 41.5 Å². The Bertz CT molecular complexity index is 403. The van der Waals surface area contributed by atoms with Gasteiger partial charge >= 0.3 is 5.97 Å². The van der Waals surface area contributed by atoms with E-state index in [-0.39, 0.29) is 0 Å². The Morgan fingerprint density at radius 1 is 1.21 bits per heavy atom. The topological polar surface area (TPSA) is 35.5 Å². The van der Waals surface area contributed by atoms with E-state index < -0.39 is 5.97 Å². The van der Waals surface area contributed by atoms with Crippen LogP contribution in [-0.4, -0.2) is 5.97 Å². The van der Waals surface area contributed by atoms with E-state index in [4.69, 9.17) is 9.78 Å². The molecule has 1 aromatic carbocycles. The van der Waals surface area contributed by atoms with Crippen LogP contribution in [0.25, 0.3) is 0 Å². The van der Waals surface area contributed by atoms with Crippen LogP contribution in [0.1, 0.15) is 54.9 Å². The van der Waals surface area contributed by atoms with Crippen LogP contribution in [0.3, 0.4) is 0 Å². The Hall–Kier alpha value is -1.35. The fraction of sp³-hybridized carbons (Fsp3) is 0.500.